The Kier molecular flexibility index (Phi) is 7.43. The van der Waals surface area contributed by atoms with Crippen molar-refractivity contribution in [1.29, 1.82) is 0 Å². The lowest BCUT2D eigenvalue weighted by Gasteiger charge is -2.29. The molecule has 0 radical (unpaired) electrons. The summed E-state index contributed by atoms with van der Waals surface area (Å²) in [5, 5.41) is 9.76. The van der Waals surface area contributed by atoms with Gasteiger partial charge in [-0.2, -0.15) is 9.97 Å². The number of nitrogens with zero attached hydrogens (tertiary/aromatic N) is 4. The van der Waals surface area contributed by atoms with Gasteiger partial charge in [-0.05, 0) is 31.9 Å². The molecule has 0 fully saturated rings. The van der Waals surface area contributed by atoms with Gasteiger partial charge in [-0.15, -0.1) is 0 Å². The standard InChI is InChI=1S/C17H21Cl2N5O6/c1-4-8(24-11-9(21-15(24)19)10(18)22-16(20)23-11)7-17(12(25)26,13(27)29-5-2)14(28)30-6-3/h8H,4-7H2,1-3H3,(H,25,26)(H2,20,22,23). The third-order valence-electron chi connectivity index (χ3n) is 4.46. The predicted octanol–water partition coefficient (Wildman–Crippen LogP) is 2.25. The first kappa shape index (κ1) is 23.6. The Labute approximate surface area is 181 Å². The highest BCUT2D eigenvalue weighted by Crippen LogP contribution is 2.38. The Morgan fingerprint density at radius 3 is 2.13 bits per heavy atom. The highest BCUT2D eigenvalue weighted by Gasteiger charge is 2.57. The SMILES string of the molecule is CCOC(=O)C(CC(CC)n1c(Cl)nc2c(Cl)nc(N)nc21)(C(=O)O)C(=O)OCC. The number of halogens is 2. The van der Waals surface area contributed by atoms with Crippen molar-refractivity contribution in [3.63, 3.8) is 0 Å². The number of esters is 2. The zero-order valence-corrected chi connectivity index (χ0v) is 18.0. The Balaban J connectivity index is 2.67. The van der Waals surface area contributed by atoms with Crippen LogP contribution >= 0.6 is 23.2 Å². The molecule has 0 aliphatic heterocycles. The van der Waals surface area contributed by atoms with Crippen LogP contribution in [0.5, 0.6) is 0 Å². The Morgan fingerprint density at radius 2 is 1.67 bits per heavy atom. The number of hydrogen-bond acceptors (Lipinski definition) is 9. The molecular formula is C17H21Cl2N5O6. The maximum absolute atomic E-state index is 12.7. The molecule has 0 aromatic carbocycles. The fraction of sp³-hybridized carbons (Fsp3) is 0.529. The normalized spacial score (nSPS) is 12.6. The number of carboxylic acids is 1. The predicted molar refractivity (Wildman–Crippen MR) is 107 cm³/mol. The summed E-state index contributed by atoms with van der Waals surface area (Å²) in [6, 6.07) is -0.822. The first-order valence-corrected chi connectivity index (χ1v) is 9.83. The highest BCUT2D eigenvalue weighted by molar-refractivity contribution is 6.34. The van der Waals surface area contributed by atoms with Gasteiger partial charge in [0.2, 0.25) is 11.2 Å². The van der Waals surface area contributed by atoms with Crippen molar-refractivity contribution in [2.45, 2.75) is 39.7 Å². The van der Waals surface area contributed by atoms with E-state index in [1.165, 1.54) is 18.4 Å². The molecule has 2 aromatic heterocycles. The summed E-state index contributed by atoms with van der Waals surface area (Å²) in [5.41, 5.74) is 3.32. The molecule has 0 bridgehead atoms. The lowest BCUT2D eigenvalue weighted by atomic mass is 9.80. The monoisotopic (exact) mass is 461 g/mol. The van der Waals surface area contributed by atoms with Crippen LogP contribution in [0, 0.1) is 5.41 Å². The van der Waals surface area contributed by atoms with Crippen LogP contribution in [-0.4, -0.2) is 55.7 Å². The van der Waals surface area contributed by atoms with Gasteiger partial charge in [-0.1, -0.05) is 18.5 Å². The molecule has 164 valence electrons. The average molecular weight is 462 g/mol. The summed E-state index contributed by atoms with van der Waals surface area (Å²) < 4.78 is 11.2. The first-order chi connectivity index (χ1) is 14.1. The average Bonchev–Trinajstić information content (AvgIpc) is 2.99. The summed E-state index contributed by atoms with van der Waals surface area (Å²) in [4.78, 5) is 49.5. The van der Waals surface area contributed by atoms with Crippen LogP contribution in [0.1, 0.15) is 39.7 Å². The zero-order chi connectivity index (χ0) is 22.6. The quantitative estimate of drug-likeness (QED) is 0.245. The van der Waals surface area contributed by atoms with Crippen molar-refractivity contribution in [3.05, 3.63) is 10.4 Å². The van der Waals surface area contributed by atoms with Gasteiger partial charge in [-0.25, -0.2) is 4.98 Å². The number of carbonyl (C=O) groups excluding carboxylic acids is 2. The van der Waals surface area contributed by atoms with Gasteiger partial charge in [0.1, 0.15) is 5.52 Å². The van der Waals surface area contributed by atoms with E-state index in [-0.39, 0.29) is 47.2 Å². The van der Waals surface area contributed by atoms with Gasteiger partial charge < -0.3 is 20.3 Å². The van der Waals surface area contributed by atoms with E-state index >= 15 is 0 Å². The van der Waals surface area contributed by atoms with Gasteiger partial charge in [0.15, 0.2) is 10.8 Å². The number of anilines is 1. The first-order valence-electron chi connectivity index (χ1n) is 9.08. The van der Waals surface area contributed by atoms with Crippen molar-refractivity contribution in [2.24, 2.45) is 5.41 Å². The topological polar surface area (TPSA) is 160 Å². The summed E-state index contributed by atoms with van der Waals surface area (Å²) in [6.45, 7) is 4.45. The number of imidazole rings is 1. The van der Waals surface area contributed by atoms with E-state index in [9.17, 15) is 19.5 Å². The molecule has 2 heterocycles. The number of carbonyl (C=O) groups is 3. The molecule has 0 aliphatic carbocycles. The molecule has 0 saturated heterocycles. The molecule has 3 N–H and O–H groups in total. The molecule has 13 heteroatoms. The van der Waals surface area contributed by atoms with Crippen LogP contribution in [-0.2, 0) is 23.9 Å². The second-order valence-corrected chi connectivity index (χ2v) is 6.91. The largest absolute Gasteiger partial charge is 0.480 e. The highest BCUT2D eigenvalue weighted by atomic mass is 35.5. The zero-order valence-electron chi connectivity index (χ0n) is 16.5. The van der Waals surface area contributed by atoms with Crippen LogP contribution in [0.4, 0.5) is 5.95 Å². The van der Waals surface area contributed by atoms with Crippen molar-refractivity contribution < 1.29 is 29.0 Å². The number of rotatable bonds is 9. The summed E-state index contributed by atoms with van der Waals surface area (Å²) >= 11 is 12.3. The molecule has 0 spiro atoms. The molecule has 2 aromatic rings. The fourth-order valence-electron chi connectivity index (χ4n) is 3.05. The third-order valence-corrected chi connectivity index (χ3v) is 4.99. The van der Waals surface area contributed by atoms with E-state index in [0.29, 0.717) is 0 Å². The lowest BCUT2D eigenvalue weighted by molar-refractivity contribution is -0.182. The summed E-state index contributed by atoms with van der Waals surface area (Å²) in [6.07, 6.45) is -0.274. The Morgan fingerprint density at radius 1 is 1.10 bits per heavy atom. The number of nitrogen functional groups attached to an aromatic ring is 1. The molecule has 0 aliphatic rings. The van der Waals surface area contributed by atoms with Gasteiger partial charge >= 0.3 is 17.9 Å². The van der Waals surface area contributed by atoms with Crippen molar-refractivity contribution in [2.75, 3.05) is 18.9 Å². The van der Waals surface area contributed by atoms with Gasteiger partial charge in [0.05, 0.1) is 13.2 Å². The third kappa shape index (κ3) is 4.12. The molecule has 0 amide bonds. The molecule has 1 unspecified atom stereocenters. The molecule has 2 rings (SSSR count). The number of ether oxygens (including phenoxy) is 2. The summed E-state index contributed by atoms with van der Waals surface area (Å²) in [7, 11) is 0. The number of carboxylic acid groups (broad SMARTS) is 1. The fourth-order valence-corrected chi connectivity index (χ4v) is 3.56. The van der Waals surface area contributed by atoms with Gasteiger partial charge in [0.25, 0.3) is 5.41 Å². The van der Waals surface area contributed by atoms with E-state index in [0.717, 1.165) is 0 Å². The van der Waals surface area contributed by atoms with E-state index in [4.69, 9.17) is 38.4 Å². The summed E-state index contributed by atoms with van der Waals surface area (Å²) in [5.74, 6) is -4.32. The van der Waals surface area contributed by atoms with Crippen LogP contribution in [0.2, 0.25) is 10.4 Å². The van der Waals surface area contributed by atoms with Crippen LogP contribution in [0.15, 0.2) is 0 Å². The number of hydrogen-bond donors (Lipinski definition) is 2. The number of aliphatic carboxylic acids is 1. The number of aromatic nitrogens is 4. The van der Waals surface area contributed by atoms with Crippen LogP contribution in [0.25, 0.3) is 11.2 Å². The van der Waals surface area contributed by atoms with Crippen molar-refractivity contribution >= 4 is 58.2 Å². The van der Waals surface area contributed by atoms with E-state index in [1.807, 2.05) is 0 Å². The van der Waals surface area contributed by atoms with E-state index in [1.54, 1.807) is 6.92 Å². The maximum atomic E-state index is 12.7. The minimum absolute atomic E-state index is 0.0479. The molecule has 1 atom stereocenters. The number of nitrogens with two attached hydrogens (primary N) is 1. The molecule has 0 saturated carbocycles. The second kappa shape index (κ2) is 9.43. The van der Waals surface area contributed by atoms with Gasteiger partial charge in [0, 0.05) is 12.5 Å². The second-order valence-electron chi connectivity index (χ2n) is 6.21. The van der Waals surface area contributed by atoms with Crippen LogP contribution in [0.3, 0.4) is 0 Å². The number of fused-ring (bicyclic) bond motifs is 1. The van der Waals surface area contributed by atoms with Crippen LogP contribution < -0.4 is 5.73 Å². The van der Waals surface area contributed by atoms with Crippen molar-refractivity contribution in [3.8, 4) is 0 Å². The van der Waals surface area contributed by atoms with Gasteiger partial charge in [-0.3, -0.25) is 19.0 Å². The Hall–Kier alpha value is -2.66. The maximum Gasteiger partial charge on any atom is 0.335 e. The molecule has 11 nitrogen and oxygen atoms in total. The minimum Gasteiger partial charge on any atom is -0.480 e. The lowest BCUT2D eigenvalue weighted by Crippen LogP contribution is -2.50. The van der Waals surface area contributed by atoms with E-state index < -0.39 is 35.8 Å². The Bertz CT molecular complexity index is 961. The molecular weight excluding hydrogens is 441 g/mol. The van der Waals surface area contributed by atoms with E-state index in [2.05, 4.69) is 15.0 Å². The van der Waals surface area contributed by atoms with Crippen molar-refractivity contribution in [1.82, 2.24) is 19.5 Å². The molecule has 30 heavy (non-hydrogen) atoms. The smallest absolute Gasteiger partial charge is 0.335 e. The minimum atomic E-state index is -2.62.